The summed E-state index contributed by atoms with van der Waals surface area (Å²) in [7, 11) is 2.10. The topological polar surface area (TPSA) is 133 Å². The van der Waals surface area contributed by atoms with Crippen molar-refractivity contribution in [3.05, 3.63) is 84.3 Å². The first kappa shape index (κ1) is 38.5. The monoisotopic (exact) mass is 808 g/mol. The maximum atomic E-state index is 13.3. The second-order valence-corrected chi connectivity index (χ2v) is 17.5. The molecule has 1 atom stereocenters. The Labute approximate surface area is 349 Å². The zero-order valence-electron chi connectivity index (χ0n) is 34.2. The molecule has 4 fully saturated rings. The number of likely N-dealkylation sites (tertiary alicyclic amines) is 1. The zero-order chi connectivity index (χ0) is 40.9. The summed E-state index contributed by atoms with van der Waals surface area (Å²) in [4.78, 5) is 68.0. The lowest BCUT2D eigenvalue weighted by Gasteiger charge is -2.40. The predicted molar refractivity (Wildman–Crippen MR) is 229 cm³/mol. The summed E-state index contributed by atoms with van der Waals surface area (Å²) in [6.07, 6.45) is 13.5. The van der Waals surface area contributed by atoms with E-state index in [1.165, 1.54) is 67.1 Å². The van der Waals surface area contributed by atoms with Crippen molar-refractivity contribution < 1.29 is 23.9 Å². The van der Waals surface area contributed by atoms with Crippen molar-refractivity contribution in [2.75, 3.05) is 57.3 Å². The molecule has 2 aromatic carbocycles. The molecule has 310 valence electrons. The summed E-state index contributed by atoms with van der Waals surface area (Å²) in [5.74, 6) is 0.310. The number of hydrogen-bond donors (Lipinski definition) is 1. The third-order valence-electron chi connectivity index (χ3n) is 13.8. The normalized spacial score (nSPS) is 23.1. The van der Waals surface area contributed by atoms with Gasteiger partial charge >= 0.3 is 0 Å². The number of aryl methyl sites for hydroxylation is 1. The highest BCUT2D eigenvalue weighted by Crippen LogP contribution is 2.36. The minimum atomic E-state index is -0.949. The Morgan fingerprint density at radius 2 is 1.55 bits per heavy atom. The van der Waals surface area contributed by atoms with Crippen molar-refractivity contribution >= 4 is 51.1 Å². The standard InChI is InChI=1S/C47H52N8O5/c1-51-40-12-15-48-28-39(40)36-7-4-32(25-42(36)51)33-5-11-44(49-27-33)60-35-23-31(24-35)29-53-17-13-30(14-18-53)3-2-16-52-19-21-54(22-20-52)34-6-8-37-38(26-34)47(59)55(46(37)58)41-9-10-43(56)50-45(41)57/h4-8,11-12,15,25-28,30-31,35,41H,2-3,9-10,13-14,16-24,29H2,1H3,(H,50,56,57). The molecule has 10 rings (SSSR count). The molecule has 0 radical (unpaired) electrons. The van der Waals surface area contributed by atoms with E-state index in [1.807, 2.05) is 30.7 Å². The predicted octanol–water partition coefficient (Wildman–Crippen LogP) is 5.66. The van der Waals surface area contributed by atoms with Gasteiger partial charge in [0.2, 0.25) is 17.7 Å². The van der Waals surface area contributed by atoms with Crippen LogP contribution in [0.15, 0.2) is 73.2 Å². The number of carbonyl (C=O) groups excluding carboxylic acids is 4. The maximum absolute atomic E-state index is 13.3. The Hall–Kier alpha value is -5.66. The molecule has 1 unspecified atom stereocenters. The van der Waals surface area contributed by atoms with E-state index >= 15 is 0 Å². The number of imide groups is 2. The molecule has 60 heavy (non-hydrogen) atoms. The van der Waals surface area contributed by atoms with Gasteiger partial charge < -0.3 is 19.1 Å². The van der Waals surface area contributed by atoms with Crippen LogP contribution in [0.4, 0.5) is 5.69 Å². The fraction of sp³-hybridized carbons (Fsp3) is 0.447. The molecule has 3 saturated heterocycles. The van der Waals surface area contributed by atoms with Gasteiger partial charge in [-0.2, -0.15) is 0 Å². The molecule has 13 nitrogen and oxygen atoms in total. The van der Waals surface area contributed by atoms with Crippen LogP contribution < -0.4 is 15.0 Å². The summed E-state index contributed by atoms with van der Waals surface area (Å²) in [5, 5.41) is 4.64. The van der Waals surface area contributed by atoms with Gasteiger partial charge in [-0.3, -0.25) is 39.3 Å². The molecule has 1 N–H and O–H groups in total. The minimum absolute atomic E-state index is 0.110. The summed E-state index contributed by atoms with van der Waals surface area (Å²) in [6.45, 7) is 8.28. The lowest BCUT2D eigenvalue weighted by Crippen LogP contribution is -2.54. The van der Waals surface area contributed by atoms with Gasteiger partial charge in [-0.1, -0.05) is 12.1 Å². The average molecular weight is 809 g/mol. The van der Waals surface area contributed by atoms with Crippen molar-refractivity contribution in [2.24, 2.45) is 18.9 Å². The Morgan fingerprint density at radius 1 is 0.750 bits per heavy atom. The second kappa shape index (κ2) is 16.1. The highest BCUT2D eigenvalue weighted by molar-refractivity contribution is 6.23. The van der Waals surface area contributed by atoms with Crippen LogP contribution in [0.2, 0.25) is 0 Å². The number of amides is 4. The van der Waals surface area contributed by atoms with Crippen LogP contribution in [-0.2, 0) is 16.6 Å². The van der Waals surface area contributed by atoms with Crippen molar-refractivity contribution in [1.82, 2.24) is 34.6 Å². The lowest BCUT2D eigenvalue weighted by atomic mass is 9.81. The van der Waals surface area contributed by atoms with Crippen LogP contribution in [0.3, 0.4) is 0 Å². The second-order valence-electron chi connectivity index (χ2n) is 17.5. The lowest BCUT2D eigenvalue weighted by molar-refractivity contribution is -0.136. The quantitative estimate of drug-likeness (QED) is 0.167. The first-order valence-electron chi connectivity index (χ1n) is 21.8. The highest BCUT2D eigenvalue weighted by atomic mass is 16.5. The SMILES string of the molecule is Cn1c2ccncc2c2ccc(-c3ccc(OC4CC(CN5CCC(CCCN6CCN(c7ccc8c(c7)C(=O)N(C7CCC(=O)NC7=O)C8=O)CC6)CC5)C4)nc3)cc21. The number of rotatable bonds is 11. The Kier molecular flexibility index (Phi) is 10.3. The Morgan fingerprint density at radius 3 is 2.33 bits per heavy atom. The van der Waals surface area contributed by atoms with Gasteiger partial charge in [0.25, 0.3) is 11.8 Å². The summed E-state index contributed by atoms with van der Waals surface area (Å²) in [5.41, 5.74) is 6.16. The molecule has 5 aromatic rings. The number of pyridine rings is 2. The molecule has 3 aromatic heterocycles. The first-order chi connectivity index (χ1) is 29.3. The summed E-state index contributed by atoms with van der Waals surface area (Å²) < 4.78 is 8.52. The first-order valence-corrected chi connectivity index (χ1v) is 21.8. The largest absolute Gasteiger partial charge is 0.474 e. The van der Waals surface area contributed by atoms with Crippen molar-refractivity contribution in [1.29, 1.82) is 0 Å². The molecule has 4 aliphatic heterocycles. The molecule has 0 spiro atoms. The van der Waals surface area contributed by atoms with E-state index < -0.39 is 23.8 Å². The van der Waals surface area contributed by atoms with E-state index in [2.05, 4.69) is 71.9 Å². The minimum Gasteiger partial charge on any atom is -0.474 e. The average Bonchev–Trinajstić information content (AvgIpc) is 3.68. The van der Waals surface area contributed by atoms with Crippen LogP contribution in [0.5, 0.6) is 5.88 Å². The number of fused-ring (bicyclic) bond motifs is 4. The molecule has 4 amide bonds. The van der Waals surface area contributed by atoms with E-state index in [9.17, 15) is 19.2 Å². The van der Waals surface area contributed by atoms with Crippen molar-refractivity contribution in [2.45, 2.75) is 63.5 Å². The van der Waals surface area contributed by atoms with Gasteiger partial charge in [0, 0.05) is 98.4 Å². The smallest absolute Gasteiger partial charge is 0.262 e. The Bertz CT molecular complexity index is 2460. The fourth-order valence-electron chi connectivity index (χ4n) is 10.3. The van der Waals surface area contributed by atoms with E-state index in [-0.39, 0.29) is 24.9 Å². The number of hydrogen-bond acceptors (Lipinski definition) is 10. The van der Waals surface area contributed by atoms with E-state index in [0.717, 1.165) is 73.2 Å². The highest BCUT2D eigenvalue weighted by Gasteiger charge is 2.45. The molecule has 7 heterocycles. The van der Waals surface area contributed by atoms with E-state index in [0.29, 0.717) is 22.9 Å². The zero-order valence-corrected chi connectivity index (χ0v) is 34.2. The summed E-state index contributed by atoms with van der Waals surface area (Å²) >= 11 is 0. The van der Waals surface area contributed by atoms with E-state index in [1.54, 1.807) is 12.1 Å². The van der Waals surface area contributed by atoms with Crippen LogP contribution in [0.1, 0.15) is 72.1 Å². The number of anilines is 1. The van der Waals surface area contributed by atoms with Gasteiger partial charge in [-0.05, 0) is 118 Å². The number of ether oxygens (including phenoxy) is 1. The van der Waals surface area contributed by atoms with Crippen molar-refractivity contribution in [3.8, 4) is 17.0 Å². The van der Waals surface area contributed by atoms with E-state index in [4.69, 9.17) is 4.74 Å². The van der Waals surface area contributed by atoms with Crippen LogP contribution in [0, 0.1) is 11.8 Å². The Balaban J connectivity index is 0.617. The summed E-state index contributed by atoms with van der Waals surface area (Å²) in [6, 6.07) is 17.2. The van der Waals surface area contributed by atoms with Crippen LogP contribution in [-0.4, -0.2) is 117 Å². The molecule has 0 bridgehead atoms. The van der Waals surface area contributed by atoms with Gasteiger partial charge in [-0.25, -0.2) is 4.98 Å². The third-order valence-corrected chi connectivity index (χ3v) is 13.8. The number of aromatic nitrogens is 3. The van der Waals surface area contributed by atoms with Crippen LogP contribution >= 0.6 is 0 Å². The fourth-order valence-corrected chi connectivity index (χ4v) is 10.3. The molecule has 1 aliphatic carbocycles. The number of nitrogens with zero attached hydrogens (tertiary/aromatic N) is 7. The number of piperidine rings is 2. The maximum Gasteiger partial charge on any atom is 0.262 e. The third kappa shape index (κ3) is 7.42. The van der Waals surface area contributed by atoms with Crippen LogP contribution in [0.25, 0.3) is 32.9 Å². The molecular formula is C47H52N8O5. The number of piperazine rings is 1. The number of benzene rings is 2. The molecule has 5 aliphatic rings. The number of carbonyl (C=O) groups is 4. The van der Waals surface area contributed by atoms with Gasteiger partial charge in [0.05, 0.1) is 16.6 Å². The van der Waals surface area contributed by atoms with Crippen molar-refractivity contribution in [3.63, 3.8) is 0 Å². The molecular weight excluding hydrogens is 757 g/mol. The van der Waals surface area contributed by atoms with Gasteiger partial charge in [0.15, 0.2) is 0 Å². The van der Waals surface area contributed by atoms with Gasteiger partial charge in [-0.15, -0.1) is 0 Å². The van der Waals surface area contributed by atoms with Gasteiger partial charge in [0.1, 0.15) is 12.1 Å². The molecule has 1 saturated carbocycles. The molecule has 13 heteroatoms. The number of nitrogens with one attached hydrogen (secondary N) is 1.